The lowest BCUT2D eigenvalue weighted by atomic mass is 10.1. The van der Waals surface area contributed by atoms with Crippen LogP contribution in [0, 0.1) is 3.57 Å². The number of amides is 1. The van der Waals surface area contributed by atoms with E-state index in [2.05, 4.69) is 27.9 Å². The minimum Gasteiger partial charge on any atom is -0.463 e. The van der Waals surface area contributed by atoms with Crippen LogP contribution < -0.4 is 5.32 Å². The smallest absolute Gasteiger partial charge is 0.331 e. The third-order valence-corrected chi connectivity index (χ3v) is 2.98. The first-order chi connectivity index (χ1) is 8.11. The maximum absolute atomic E-state index is 11.7. The second-order valence-electron chi connectivity index (χ2n) is 3.45. The number of benzene rings is 1. The lowest BCUT2D eigenvalue weighted by Gasteiger charge is -1.99. The van der Waals surface area contributed by atoms with Crippen molar-refractivity contribution in [3.63, 3.8) is 0 Å². The minimum absolute atomic E-state index is 0.268. The maximum Gasteiger partial charge on any atom is 0.331 e. The number of nitrogens with one attached hydrogen (secondary N) is 1. The molecule has 0 saturated heterocycles. The molecule has 0 aliphatic carbocycles. The molecule has 1 heterocycles. The largest absolute Gasteiger partial charge is 0.463 e. The van der Waals surface area contributed by atoms with Gasteiger partial charge in [-0.2, -0.15) is 0 Å². The Bertz CT molecular complexity index is 522. The number of ether oxygens (including phenoxy) is 1. The van der Waals surface area contributed by atoms with Crippen LogP contribution in [0.25, 0.3) is 5.57 Å². The van der Waals surface area contributed by atoms with Gasteiger partial charge in [-0.3, -0.25) is 4.79 Å². The maximum atomic E-state index is 11.7. The van der Waals surface area contributed by atoms with Gasteiger partial charge in [-0.1, -0.05) is 0 Å². The Morgan fingerprint density at radius 1 is 1.53 bits per heavy atom. The summed E-state index contributed by atoms with van der Waals surface area (Å²) < 4.78 is 5.81. The van der Waals surface area contributed by atoms with Crippen molar-refractivity contribution in [3.8, 4) is 0 Å². The number of esters is 1. The predicted molar refractivity (Wildman–Crippen MR) is 72.4 cm³/mol. The van der Waals surface area contributed by atoms with Gasteiger partial charge in [0.2, 0.25) is 0 Å². The Kier molecular flexibility index (Phi) is 3.46. The van der Waals surface area contributed by atoms with Crippen molar-refractivity contribution in [1.82, 2.24) is 0 Å². The summed E-state index contributed by atoms with van der Waals surface area (Å²) in [6.07, 6.45) is 1.24. The molecule has 4 nitrogen and oxygen atoms in total. The van der Waals surface area contributed by atoms with Crippen molar-refractivity contribution in [2.75, 3.05) is 11.9 Å². The zero-order chi connectivity index (χ0) is 12.4. The van der Waals surface area contributed by atoms with Gasteiger partial charge in [0.25, 0.3) is 5.91 Å². The van der Waals surface area contributed by atoms with E-state index in [1.807, 2.05) is 18.2 Å². The van der Waals surface area contributed by atoms with Gasteiger partial charge in [0.15, 0.2) is 0 Å². The van der Waals surface area contributed by atoms with Crippen molar-refractivity contribution in [1.29, 1.82) is 0 Å². The molecule has 1 amide bonds. The van der Waals surface area contributed by atoms with Crippen LogP contribution >= 0.6 is 22.6 Å². The fraction of sp³-hybridized carbons (Fsp3) is 0.167. The molecule has 17 heavy (non-hydrogen) atoms. The highest BCUT2D eigenvalue weighted by Crippen LogP contribution is 2.32. The summed E-state index contributed by atoms with van der Waals surface area (Å²) in [6.45, 7) is 2.02. The zero-order valence-electron chi connectivity index (χ0n) is 9.12. The van der Waals surface area contributed by atoms with E-state index in [1.54, 1.807) is 6.92 Å². The van der Waals surface area contributed by atoms with Gasteiger partial charge in [0.05, 0.1) is 12.2 Å². The predicted octanol–water partition coefficient (Wildman–Crippen LogP) is 2.19. The molecule has 0 fully saturated rings. The number of carbonyl (C=O) groups is 2. The Labute approximate surface area is 112 Å². The third kappa shape index (κ3) is 2.49. The molecule has 1 aromatic carbocycles. The SMILES string of the molecule is CCOC(=O)C=C1C(=O)Nc2ccc(I)cc21. The van der Waals surface area contributed by atoms with Gasteiger partial charge in [0, 0.05) is 20.9 Å². The monoisotopic (exact) mass is 343 g/mol. The van der Waals surface area contributed by atoms with E-state index in [0.29, 0.717) is 12.2 Å². The summed E-state index contributed by atoms with van der Waals surface area (Å²) in [7, 11) is 0. The van der Waals surface area contributed by atoms with E-state index < -0.39 is 5.97 Å². The van der Waals surface area contributed by atoms with Gasteiger partial charge in [0.1, 0.15) is 0 Å². The van der Waals surface area contributed by atoms with Gasteiger partial charge >= 0.3 is 5.97 Å². The molecule has 0 bridgehead atoms. The highest BCUT2D eigenvalue weighted by molar-refractivity contribution is 14.1. The first-order valence-electron chi connectivity index (χ1n) is 5.11. The summed E-state index contributed by atoms with van der Waals surface area (Å²) in [5.41, 5.74) is 1.83. The van der Waals surface area contributed by atoms with Crippen LogP contribution in [-0.4, -0.2) is 18.5 Å². The van der Waals surface area contributed by atoms with Crippen LogP contribution in [0.15, 0.2) is 24.3 Å². The Morgan fingerprint density at radius 2 is 2.29 bits per heavy atom. The fourth-order valence-corrected chi connectivity index (χ4v) is 2.10. The van der Waals surface area contributed by atoms with E-state index in [1.165, 1.54) is 6.08 Å². The molecule has 0 aromatic heterocycles. The van der Waals surface area contributed by atoms with Gasteiger partial charge in [-0.15, -0.1) is 0 Å². The summed E-state index contributed by atoms with van der Waals surface area (Å²) >= 11 is 2.16. The summed E-state index contributed by atoms with van der Waals surface area (Å²) in [5, 5.41) is 2.70. The zero-order valence-corrected chi connectivity index (χ0v) is 11.3. The molecular weight excluding hydrogens is 333 g/mol. The number of rotatable bonds is 2. The van der Waals surface area contributed by atoms with E-state index in [-0.39, 0.29) is 5.91 Å². The number of anilines is 1. The second kappa shape index (κ2) is 4.87. The van der Waals surface area contributed by atoms with Crippen molar-refractivity contribution in [3.05, 3.63) is 33.4 Å². The Balaban J connectivity index is 2.40. The molecule has 1 N–H and O–H groups in total. The second-order valence-corrected chi connectivity index (χ2v) is 4.70. The third-order valence-electron chi connectivity index (χ3n) is 2.31. The first-order valence-corrected chi connectivity index (χ1v) is 6.19. The molecule has 2 rings (SSSR count). The number of hydrogen-bond acceptors (Lipinski definition) is 3. The normalized spacial score (nSPS) is 15.6. The molecule has 1 aromatic rings. The number of halogens is 1. The van der Waals surface area contributed by atoms with Crippen LogP contribution in [0.5, 0.6) is 0 Å². The van der Waals surface area contributed by atoms with Crippen LogP contribution in [0.3, 0.4) is 0 Å². The molecule has 0 atom stereocenters. The average molecular weight is 343 g/mol. The van der Waals surface area contributed by atoms with Crippen LogP contribution in [0.4, 0.5) is 5.69 Å². The molecular formula is C12H10INO3. The minimum atomic E-state index is -0.496. The lowest BCUT2D eigenvalue weighted by Crippen LogP contribution is -2.07. The number of carbonyl (C=O) groups excluding carboxylic acids is 2. The summed E-state index contributed by atoms with van der Waals surface area (Å²) in [4.78, 5) is 23.1. The fourth-order valence-electron chi connectivity index (χ4n) is 1.61. The highest BCUT2D eigenvalue weighted by Gasteiger charge is 2.25. The molecule has 0 saturated carbocycles. The molecule has 0 spiro atoms. The van der Waals surface area contributed by atoms with Crippen LogP contribution in [0.1, 0.15) is 12.5 Å². The lowest BCUT2D eigenvalue weighted by molar-refractivity contribution is -0.137. The quantitative estimate of drug-likeness (QED) is 0.509. The number of fused-ring (bicyclic) bond motifs is 1. The summed E-state index contributed by atoms with van der Waals surface area (Å²) in [6, 6.07) is 5.58. The molecule has 88 valence electrons. The van der Waals surface area contributed by atoms with E-state index in [4.69, 9.17) is 4.74 Å². The molecule has 5 heteroatoms. The van der Waals surface area contributed by atoms with E-state index in [9.17, 15) is 9.59 Å². The standard InChI is InChI=1S/C12H10INO3/c1-2-17-11(15)6-9-8-5-7(13)3-4-10(8)14-12(9)16/h3-6H,2H2,1H3,(H,14,16). The van der Waals surface area contributed by atoms with Crippen molar-refractivity contribution in [2.24, 2.45) is 0 Å². The van der Waals surface area contributed by atoms with Crippen molar-refractivity contribution < 1.29 is 14.3 Å². The molecule has 1 aliphatic heterocycles. The summed E-state index contributed by atoms with van der Waals surface area (Å²) in [5.74, 6) is -0.764. The highest BCUT2D eigenvalue weighted by atomic mass is 127. The molecule has 1 aliphatic rings. The van der Waals surface area contributed by atoms with Gasteiger partial charge in [-0.25, -0.2) is 4.79 Å². The van der Waals surface area contributed by atoms with Gasteiger partial charge in [-0.05, 0) is 47.7 Å². The molecule has 0 radical (unpaired) electrons. The molecule has 0 unspecified atom stereocenters. The topological polar surface area (TPSA) is 55.4 Å². The average Bonchev–Trinajstić information content (AvgIpc) is 2.56. The van der Waals surface area contributed by atoms with Gasteiger partial charge < -0.3 is 10.1 Å². The first kappa shape index (κ1) is 12.1. The Hall–Kier alpha value is -1.37. The number of hydrogen-bond donors (Lipinski definition) is 1. The van der Waals surface area contributed by atoms with Crippen molar-refractivity contribution in [2.45, 2.75) is 6.92 Å². The van der Waals surface area contributed by atoms with Crippen LogP contribution in [-0.2, 0) is 14.3 Å². The van der Waals surface area contributed by atoms with Crippen molar-refractivity contribution >= 4 is 45.7 Å². The Morgan fingerprint density at radius 3 is 3.00 bits per heavy atom. The van der Waals surface area contributed by atoms with E-state index >= 15 is 0 Å². The van der Waals surface area contributed by atoms with E-state index in [0.717, 1.165) is 14.8 Å². The van der Waals surface area contributed by atoms with Crippen LogP contribution in [0.2, 0.25) is 0 Å².